The van der Waals surface area contributed by atoms with E-state index in [1.54, 1.807) is 0 Å². The Morgan fingerprint density at radius 2 is 2.20 bits per heavy atom. The molecule has 0 aromatic heterocycles. The Balaban J connectivity index is 0. The topological polar surface area (TPSA) is 63.3 Å². The summed E-state index contributed by atoms with van der Waals surface area (Å²) >= 11 is 5.34. The molecule has 0 aliphatic carbocycles. The molecule has 0 heterocycles. The Kier molecular flexibility index (Phi) is 9.02. The number of carboxylic acids is 1. The third-order valence-electron chi connectivity index (χ3n) is 0.930. The summed E-state index contributed by atoms with van der Waals surface area (Å²) in [5.41, 5.74) is 5.13. The van der Waals surface area contributed by atoms with Crippen LogP contribution in [0.1, 0.15) is 12.8 Å². The molecule has 5 heteroatoms. The van der Waals surface area contributed by atoms with Crippen molar-refractivity contribution in [2.75, 3.05) is 6.54 Å². The first kappa shape index (κ1) is 12.7. The van der Waals surface area contributed by atoms with Gasteiger partial charge in [-0.3, -0.25) is 4.79 Å². The number of hydrogen-bond donors (Lipinski definition) is 2. The maximum Gasteiger partial charge on any atom is 0.321 e. The minimum atomic E-state index is -0.967. The Bertz CT molecular complexity index is 99.6. The normalized spacial score (nSPS) is 11.8. The average molecular weight is 188 g/mol. The standard InChI is InChI=1S/C5H10ClNO2.ClH/c6-4(5(8)9)2-1-3-7;/h4H,1-3,7H2,(H,8,9);1H. The second-order valence-corrected chi connectivity index (χ2v) is 2.26. The van der Waals surface area contributed by atoms with Crippen LogP contribution in [-0.2, 0) is 4.79 Å². The molecule has 0 bridgehead atoms. The first-order valence-corrected chi connectivity index (χ1v) is 3.19. The van der Waals surface area contributed by atoms with Crippen molar-refractivity contribution in [1.29, 1.82) is 0 Å². The molecule has 1 atom stereocenters. The van der Waals surface area contributed by atoms with E-state index in [0.717, 1.165) is 0 Å². The fourth-order valence-corrected chi connectivity index (χ4v) is 0.575. The van der Waals surface area contributed by atoms with Gasteiger partial charge in [-0.1, -0.05) is 0 Å². The molecule has 0 aliphatic heterocycles. The molecule has 3 N–H and O–H groups in total. The first-order valence-electron chi connectivity index (χ1n) is 2.75. The molecule has 0 aromatic rings. The van der Waals surface area contributed by atoms with E-state index in [9.17, 15) is 4.79 Å². The number of carboxylic acid groups (broad SMARTS) is 1. The van der Waals surface area contributed by atoms with Gasteiger partial charge in [-0.05, 0) is 19.4 Å². The Morgan fingerprint density at radius 3 is 2.50 bits per heavy atom. The molecular weight excluding hydrogens is 177 g/mol. The van der Waals surface area contributed by atoms with Crippen LogP contribution < -0.4 is 5.73 Å². The summed E-state index contributed by atoms with van der Waals surface area (Å²) in [6, 6.07) is 0. The smallest absolute Gasteiger partial charge is 0.321 e. The summed E-state index contributed by atoms with van der Waals surface area (Å²) in [5.74, 6) is -0.967. The lowest BCUT2D eigenvalue weighted by molar-refractivity contribution is -0.136. The molecule has 0 amide bonds. The van der Waals surface area contributed by atoms with Crippen molar-refractivity contribution < 1.29 is 9.90 Å². The van der Waals surface area contributed by atoms with Gasteiger partial charge < -0.3 is 10.8 Å². The summed E-state index contributed by atoms with van der Waals surface area (Å²) in [6.07, 6.45) is 1.12. The van der Waals surface area contributed by atoms with E-state index in [-0.39, 0.29) is 12.4 Å². The summed E-state index contributed by atoms with van der Waals surface area (Å²) in [6.45, 7) is 0.497. The maximum atomic E-state index is 10.0. The van der Waals surface area contributed by atoms with Gasteiger partial charge in [0.25, 0.3) is 0 Å². The first-order chi connectivity index (χ1) is 4.18. The van der Waals surface area contributed by atoms with Crippen molar-refractivity contribution in [2.24, 2.45) is 5.73 Å². The molecule has 62 valence electrons. The van der Waals surface area contributed by atoms with E-state index in [2.05, 4.69) is 0 Å². The number of alkyl halides is 1. The van der Waals surface area contributed by atoms with E-state index in [4.69, 9.17) is 22.4 Å². The highest BCUT2D eigenvalue weighted by atomic mass is 35.5. The predicted molar refractivity (Wildman–Crippen MR) is 42.8 cm³/mol. The third kappa shape index (κ3) is 6.13. The lowest BCUT2D eigenvalue weighted by Crippen LogP contribution is -2.14. The fourth-order valence-electron chi connectivity index (χ4n) is 0.421. The molecule has 0 fully saturated rings. The van der Waals surface area contributed by atoms with Crippen molar-refractivity contribution in [2.45, 2.75) is 18.2 Å². The van der Waals surface area contributed by atoms with Gasteiger partial charge in [0.05, 0.1) is 0 Å². The highest BCUT2D eigenvalue weighted by Crippen LogP contribution is 2.03. The van der Waals surface area contributed by atoms with Gasteiger partial charge in [0.2, 0.25) is 0 Å². The van der Waals surface area contributed by atoms with Gasteiger partial charge in [0.15, 0.2) is 0 Å². The second-order valence-electron chi connectivity index (χ2n) is 1.74. The van der Waals surface area contributed by atoms with E-state index >= 15 is 0 Å². The van der Waals surface area contributed by atoms with Crippen molar-refractivity contribution >= 4 is 30.0 Å². The van der Waals surface area contributed by atoms with E-state index in [1.165, 1.54) is 0 Å². The third-order valence-corrected chi connectivity index (χ3v) is 1.33. The van der Waals surface area contributed by atoms with E-state index < -0.39 is 11.3 Å². The molecule has 0 saturated heterocycles. The van der Waals surface area contributed by atoms with Crippen LogP contribution in [0.25, 0.3) is 0 Å². The second kappa shape index (κ2) is 7.12. The van der Waals surface area contributed by atoms with Crippen LogP contribution in [0.2, 0.25) is 0 Å². The monoisotopic (exact) mass is 187 g/mol. The van der Waals surface area contributed by atoms with Crippen LogP contribution in [0, 0.1) is 0 Å². The predicted octanol–water partition coefficient (Wildman–Crippen LogP) is 0.839. The van der Waals surface area contributed by atoms with Crippen molar-refractivity contribution in [3.05, 3.63) is 0 Å². The number of carbonyl (C=O) groups is 1. The summed E-state index contributed by atoms with van der Waals surface area (Å²) in [5, 5.41) is 7.47. The lowest BCUT2D eigenvalue weighted by Gasteiger charge is -1.99. The molecule has 0 radical (unpaired) electrons. The van der Waals surface area contributed by atoms with Gasteiger partial charge in [-0.15, -0.1) is 24.0 Å². The number of aliphatic carboxylic acids is 1. The summed E-state index contributed by atoms with van der Waals surface area (Å²) in [4.78, 5) is 10.0. The molecule has 3 nitrogen and oxygen atoms in total. The van der Waals surface area contributed by atoms with Gasteiger partial charge >= 0.3 is 5.97 Å². The molecule has 0 aromatic carbocycles. The molecule has 0 saturated carbocycles. The zero-order chi connectivity index (χ0) is 7.28. The van der Waals surface area contributed by atoms with Crippen LogP contribution in [0.15, 0.2) is 0 Å². The lowest BCUT2D eigenvalue weighted by atomic mass is 10.2. The van der Waals surface area contributed by atoms with Crippen LogP contribution in [0.3, 0.4) is 0 Å². The van der Waals surface area contributed by atoms with E-state index in [0.29, 0.717) is 19.4 Å². The quantitative estimate of drug-likeness (QED) is 0.642. The van der Waals surface area contributed by atoms with Crippen LogP contribution in [0.4, 0.5) is 0 Å². The molecule has 10 heavy (non-hydrogen) atoms. The SMILES string of the molecule is Cl.NCCCC(Cl)C(=O)O. The number of nitrogens with two attached hydrogens (primary N) is 1. The van der Waals surface area contributed by atoms with Gasteiger partial charge in [0.1, 0.15) is 5.38 Å². The zero-order valence-corrected chi connectivity index (χ0v) is 6.99. The van der Waals surface area contributed by atoms with Crippen LogP contribution >= 0.6 is 24.0 Å². The summed E-state index contributed by atoms with van der Waals surface area (Å²) in [7, 11) is 0. The number of rotatable bonds is 4. The largest absolute Gasteiger partial charge is 0.480 e. The fraction of sp³-hybridized carbons (Fsp3) is 0.800. The van der Waals surface area contributed by atoms with Crippen molar-refractivity contribution in [1.82, 2.24) is 0 Å². The molecule has 1 unspecified atom stereocenters. The van der Waals surface area contributed by atoms with Gasteiger partial charge in [-0.25, -0.2) is 0 Å². The Labute approximate surface area is 71.0 Å². The minimum Gasteiger partial charge on any atom is -0.480 e. The summed E-state index contributed by atoms with van der Waals surface area (Å²) < 4.78 is 0. The average Bonchev–Trinajstić information content (AvgIpc) is 1.82. The highest BCUT2D eigenvalue weighted by Gasteiger charge is 2.11. The van der Waals surface area contributed by atoms with Crippen LogP contribution in [-0.4, -0.2) is 23.0 Å². The Hall–Kier alpha value is 0.01000. The molecule has 0 rings (SSSR count). The van der Waals surface area contributed by atoms with E-state index in [1.807, 2.05) is 0 Å². The number of hydrogen-bond acceptors (Lipinski definition) is 2. The zero-order valence-electron chi connectivity index (χ0n) is 5.42. The van der Waals surface area contributed by atoms with Crippen molar-refractivity contribution in [3.8, 4) is 0 Å². The van der Waals surface area contributed by atoms with Gasteiger partial charge in [0, 0.05) is 0 Å². The van der Waals surface area contributed by atoms with Crippen molar-refractivity contribution in [3.63, 3.8) is 0 Å². The minimum absolute atomic E-state index is 0. The van der Waals surface area contributed by atoms with Gasteiger partial charge in [-0.2, -0.15) is 0 Å². The van der Waals surface area contributed by atoms with Crippen LogP contribution in [0.5, 0.6) is 0 Å². The molecule has 0 aliphatic rings. The maximum absolute atomic E-state index is 10.0. The molecular formula is C5H11Cl2NO2. The number of halogens is 2. The highest BCUT2D eigenvalue weighted by molar-refractivity contribution is 6.29. The molecule has 0 spiro atoms. The Morgan fingerprint density at radius 1 is 1.70 bits per heavy atom.